The maximum Gasteiger partial charge on any atom is 0.313 e. The van der Waals surface area contributed by atoms with Crippen LogP contribution in [0.25, 0.3) is 0 Å². The predicted octanol–water partition coefficient (Wildman–Crippen LogP) is 4.45. The fourth-order valence-electron chi connectivity index (χ4n) is 4.47. The van der Waals surface area contributed by atoms with E-state index in [1.165, 1.54) is 11.0 Å². The number of aliphatic hydroxyl groups is 2. The van der Waals surface area contributed by atoms with Gasteiger partial charge in [-0.05, 0) is 34.9 Å². The topological polar surface area (TPSA) is 98.1 Å². The molecule has 1 aliphatic heterocycles. The van der Waals surface area contributed by atoms with Gasteiger partial charge in [0, 0.05) is 15.6 Å². The number of benzene rings is 3. The number of rotatable bonds is 6. The Labute approximate surface area is 200 Å². The number of carboxylic acid groups (broad SMARTS) is 1. The van der Waals surface area contributed by atoms with Crippen LogP contribution in [0.3, 0.4) is 0 Å². The van der Waals surface area contributed by atoms with E-state index in [2.05, 4.69) is 0 Å². The predicted molar refractivity (Wildman–Crippen MR) is 124 cm³/mol. The minimum Gasteiger partial charge on any atom is -0.481 e. The Morgan fingerprint density at radius 1 is 0.970 bits per heavy atom. The number of amides is 1. The van der Waals surface area contributed by atoms with Crippen LogP contribution in [-0.2, 0) is 4.79 Å². The summed E-state index contributed by atoms with van der Waals surface area (Å²) in [6, 6.07) is 17.4. The lowest BCUT2D eigenvalue weighted by Crippen LogP contribution is -2.53. The van der Waals surface area contributed by atoms with Crippen molar-refractivity contribution < 1.29 is 24.9 Å². The number of halogens is 2. The zero-order valence-electron chi connectivity index (χ0n) is 17.3. The van der Waals surface area contributed by atoms with Crippen LogP contribution < -0.4 is 0 Å². The summed E-state index contributed by atoms with van der Waals surface area (Å²) in [5.74, 6) is -2.86. The highest BCUT2D eigenvalue weighted by Gasteiger charge is 2.48. The first-order chi connectivity index (χ1) is 15.8. The van der Waals surface area contributed by atoms with Gasteiger partial charge in [0.2, 0.25) is 0 Å². The number of aliphatic hydroxyl groups excluding tert-OH is 2. The van der Waals surface area contributed by atoms with E-state index in [-0.39, 0.29) is 10.6 Å². The molecule has 0 saturated heterocycles. The number of hydrogen-bond donors (Lipinski definition) is 3. The van der Waals surface area contributed by atoms with Crippen LogP contribution in [-0.4, -0.2) is 44.7 Å². The second kappa shape index (κ2) is 9.53. The largest absolute Gasteiger partial charge is 0.481 e. The summed E-state index contributed by atoms with van der Waals surface area (Å²) >= 11 is 12.5. The average Bonchev–Trinajstić information content (AvgIpc) is 2.81. The van der Waals surface area contributed by atoms with E-state index < -0.39 is 42.6 Å². The van der Waals surface area contributed by atoms with Crippen molar-refractivity contribution in [2.75, 3.05) is 6.61 Å². The first-order valence-electron chi connectivity index (χ1n) is 10.3. The van der Waals surface area contributed by atoms with Gasteiger partial charge < -0.3 is 20.2 Å². The molecule has 2 unspecified atom stereocenters. The van der Waals surface area contributed by atoms with Gasteiger partial charge >= 0.3 is 5.97 Å². The number of hydrogen-bond acceptors (Lipinski definition) is 4. The minimum atomic E-state index is -1.27. The Balaban J connectivity index is 1.95. The molecule has 4 rings (SSSR count). The maximum atomic E-state index is 13.7. The molecule has 0 spiro atoms. The van der Waals surface area contributed by atoms with Gasteiger partial charge in [-0.1, -0.05) is 77.8 Å². The van der Waals surface area contributed by atoms with Crippen molar-refractivity contribution in [3.8, 4) is 0 Å². The van der Waals surface area contributed by atoms with Crippen molar-refractivity contribution in [3.63, 3.8) is 0 Å². The van der Waals surface area contributed by atoms with E-state index in [0.717, 1.165) is 0 Å². The Bertz CT molecular complexity index is 1190. The van der Waals surface area contributed by atoms with Gasteiger partial charge in [0.15, 0.2) is 0 Å². The van der Waals surface area contributed by atoms with Crippen LogP contribution in [0.5, 0.6) is 0 Å². The fraction of sp³-hybridized carbons (Fsp3) is 0.200. The lowest BCUT2D eigenvalue weighted by molar-refractivity contribution is -0.141. The summed E-state index contributed by atoms with van der Waals surface area (Å²) < 4.78 is 0. The van der Waals surface area contributed by atoms with Gasteiger partial charge in [-0.2, -0.15) is 0 Å². The number of carboxylic acids is 1. The smallest absolute Gasteiger partial charge is 0.313 e. The van der Waals surface area contributed by atoms with Gasteiger partial charge in [0.1, 0.15) is 12.0 Å². The molecule has 33 heavy (non-hydrogen) atoms. The highest BCUT2D eigenvalue weighted by Crippen LogP contribution is 2.47. The number of aliphatic carboxylic acids is 1. The molecule has 3 N–H and O–H groups in total. The summed E-state index contributed by atoms with van der Waals surface area (Å²) in [5.41, 5.74) is 1.38. The van der Waals surface area contributed by atoms with Crippen molar-refractivity contribution in [2.45, 2.75) is 24.1 Å². The third-order valence-corrected chi connectivity index (χ3v) is 6.54. The summed E-state index contributed by atoms with van der Waals surface area (Å²) in [6.07, 6.45) is -1.27. The summed E-state index contributed by atoms with van der Waals surface area (Å²) in [4.78, 5) is 27.5. The zero-order chi connectivity index (χ0) is 23.7. The minimum absolute atomic E-state index is 0.182. The lowest BCUT2D eigenvalue weighted by atomic mass is 9.78. The van der Waals surface area contributed by atoms with Crippen LogP contribution in [0.2, 0.25) is 10.0 Å². The molecular weight excluding hydrogens is 465 g/mol. The SMILES string of the molecule is O=C(O)C1c2ccccc2C(=O)N([C@H](CO)[C@H](O)c2ccccc2)C1c1ccc(Cl)cc1Cl. The standard InChI is InChI=1S/C25H21Cl2NO5/c26-15-10-11-18(19(27)12-15)22-21(25(32)33)16-8-4-5-9-17(16)24(31)28(22)20(13-29)23(30)14-6-2-1-3-7-14/h1-12,20-23,29-30H,13H2,(H,32,33)/t20-,21?,22?,23-/m1/s1. The molecule has 1 amide bonds. The molecule has 0 radical (unpaired) electrons. The zero-order valence-corrected chi connectivity index (χ0v) is 18.8. The number of carbonyl (C=O) groups excluding carboxylic acids is 1. The van der Waals surface area contributed by atoms with E-state index in [1.54, 1.807) is 66.7 Å². The third kappa shape index (κ3) is 4.23. The molecule has 0 aromatic heterocycles. The second-order valence-electron chi connectivity index (χ2n) is 7.83. The van der Waals surface area contributed by atoms with E-state index in [1.807, 2.05) is 0 Å². The number of nitrogens with zero attached hydrogens (tertiary/aromatic N) is 1. The Morgan fingerprint density at radius 3 is 2.27 bits per heavy atom. The molecule has 6 nitrogen and oxygen atoms in total. The Hall–Kier alpha value is -2.90. The normalized spacial score (nSPS) is 19.6. The molecule has 0 aliphatic carbocycles. The van der Waals surface area contributed by atoms with Gasteiger partial charge in [-0.25, -0.2) is 0 Å². The number of fused-ring (bicyclic) bond motifs is 1. The third-order valence-electron chi connectivity index (χ3n) is 5.97. The molecular formula is C25H21Cl2NO5. The molecule has 4 atom stereocenters. The van der Waals surface area contributed by atoms with E-state index in [0.29, 0.717) is 21.7 Å². The molecule has 0 bridgehead atoms. The van der Waals surface area contributed by atoms with Crippen molar-refractivity contribution in [1.82, 2.24) is 4.90 Å². The van der Waals surface area contributed by atoms with Crippen molar-refractivity contribution in [1.29, 1.82) is 0 Å². The van der Waals surface area contributed by atoms with Crippen LogP contribution in [0.4, 0.5) is 0 Å². The van der Waals surface area contributed by atoms with E-state index in [4.69, 9.17) is 23.2 Å². The molecule has 170 valence electrons. The van der Waals surface area contributed by atoms with Gasteiger partial charge in [-0.15, -0.1) is 0 Å². The first kappa shape index (κ1) is 23.3. The van der Waals surface area contributed by atoms with Gasteiger partial charge in [0.25, 0.3) is 5.91 Å². The van der Waals surface area contributed by atoms with Crippen molar-refractivity contribution >= 4 is 35.1 Å². The Kier molecular flexibility index (Phi) is 6.72. The Morgan fingerprint density at radius 2 is 1.64 bits per heavy atom. The summed E-state index contributed by atoms with van der Waals surface area (Å²) in [7, 11) is 0. The highest BCUT2D eigenvalue weighted by molar-refractivity contribution is 6.35. The highest BCUT2D eigenvalue weighted by atomic mass is 35.5. The fourth-order valence-corrected chi connectivity index (χ4v) is 4.99. The molecule has 3 aromatic rings. The quantitative estimate of drug-likeness (QED) is 0.478. The maximum absolute atomic E-state index is 13.7. The van der Waals surface area contributed by atoms with Crippen LogP contribution in [0, 0.1) is 0 Å². The molecule has 1 aliphatic rings. The summed E-state index contributed by atoms with van der Waals surface area (Å²) in [5, 5.41) is 32.3. The second-order valence-corrected chi connectivity index (χ2v) is 8.68. The first-order valence-corrected chi connectivity index (χ1v) is 11.0. The van der Waals surface area contributed by atoms with Crippen molar-refractivity contribution in [2.24, 2.45) is 0 Å². The van der Waals surface area contributed by atoms with Gasteiger partial charge in [-0.3, -0.25) is 9.59 Å². The van der Waals surface area contributed by atoms with E-state index in [9.17, 15) is 24.9 Å². The molecule has 8 heteroatoms. The van der Waals surface area contributed by atoms with Crippen LogP contribution >= 0.6 is 23.2 Å². The van der Waals surface area contributed by atoms with Crippen LogP contribution in [0.15, 0.2) is 72.8 Å². The molecule has 0 saturated carbocycles. The summed E-state index contributed by atoms with van der Waals surface area (Å²) in [6.45, 7) is -0.599. The lowest BCUT2D eigenvalue weighted by Gasteiger charge is -2.46. The van der Waals surface area contributed by atoms with Gasteiger partial charge in [0.05, 0.1) is 18.7 Å². The van der Waals surface area contributed by atoms with E-state index >= 15 is 0 Å². The monoisotopic (exact) mass is 485 g/mol. The average molecular weight is 486 g/mol. The molecule has 0 fully saturated rings. The number of carbonyl (C=O) groups is 2. The van der Waals surface area contributed by atoms with Crippen LogP contribution in [0.1, 0.15) is 45.1 Å². The molecule has 1 heterocycles. The molecule has 3 aromatic carbocycles. The van der Waals surface area contributed by atoms with Crippen molar-refractivity contribution in [3.05, 3.63) is 105 Å².